The molecular formula is C16H20O3Si. The predicted molar refractivity (Wildman–Crippen MR) is 82.5 cm³/mol. The zero-order valence-corrected chi connectivity index (χ0v) is 13.3. The van der Waals surface area contributed by atoms with Crippen LogP contribution in [0.4, 0.5) is 0 Å². The molecule has 0 radical (unpaired) electrons. The third-order valence-electron chi connectivity index (χ3n) is 3.42. The molecule has 1 aromatic carbocycles. The van der Waals surface area contributed by atoms with Gasteiger partial charge in [-0.25, -0.2) is 0 Å². The van der Waals surface area contributed by atoms with Gasteiger partial charge in [-0.15, -0.1) is 0 Å². The summed E-state index contributed by atoms with van der Waals surface area (Å²) in [6.07, 6.45) is 1.66. The lowest BCUT2D eigenvalue weighted by Crippen LogP contribution is -2.36. The van der Waals surface area contributed by atoms with Gasteiger partial charge in [0.05, 0.1) is 17.2 Å². The van der Waals surface area contributed by atoms with Gasteiger partial charge in [0.2, 0.25) is 0 Å². The van der Waals surface area contributed by atoms with Gasteiger partial charge in [-0.05, 0) is 18.2 Å². The monoisotopic (exact) mass is 288 g/mol. The molecule has 1 aromatic heterocycles. The third kappa shape index (κ3) is 2.85. The van der Waals surface area contributed by atoms with Crippen LogP contribution in [0.15, 0.2) is 41.0 Å². The number of benzene rings is 1. The lowest BCUT2D eigenvalue weighted by Gasteiger charge is -2.11. The van der Waals surface area contributed by atoms with Crippen LogP contribution in [-0.4, -0.2) is 19.0 Å². The van der Waals surface area contributed by atoms with Crippen molar-refractivity contribution >= 4 is 19.2 Å². The Bertz CT molecular complexity index is 623. The van der Waals surface area contributed by atoms with E-state index in [9.17, 15) is 9.90 Å². The largest absolute Gasteiger partial charge is 0.507 e. The first-order valence-corrected chi connectivity index (χ1v) is 10.2. The molecule has 106 valence electrons. The molecule has 0 saturated heterocycles. The molecule has 0 fully saturated rings. The summed E-state index contributed by atoms with van der Waals surface area (Å²) in [4.78, 5) is 12.4. The summed E-state index contributed by atoms with van der Waals surface area (Å²) < 4.78 is 5.61. The van der Waals surface area contributed by atoms with E-state index in [2.05, 4.69) is 19.6 Å². The van der Waals surface area contributed by atoms with Crippen LogP contribution in [0.25, 0.3) is 0 Å². The van der Waals surface area contributed by atoms with Gasteiger partial charge in [0.1, 0.15) is 13.8 Å². The van der Waals surface area contributed by atoms with Crippen molar-refractivity contribution in [1.82, 2.24) is 0 Å². The molecule has 20 heavy (non-hydrogen) atoms. The molecule has 0 aliphatic rings. The number of furan rings is 1. The fraction of sp³-hybridized carbons (Fsp3) is 0.312. The van der Waals surface area contributed by atoms with Gasteiger partial charge < -0.3 is 9.52 Å². The Kier molecular flexibility index (Phi) is 3.86. The Morgan fingerprint density at radius 3 is 2.45 bits per heavy atom. The Labute approximate surface area is 120 Å². The summed E-state index contributed by atoms with van der Waals surface area (Å²) in [5.41, 5.74) is 1.23. The van der Waals surface area contributed by atoms with E-state index in [1.807, 2.05) is 13.0 Å². The first-order valence-electron chi connectivity index (χ1n) is 6.72. The van der Waals surface area contributed by atoms with Crippen molar-refractivity contribution in [3.63, 3.8) is 0 Å². The van der Waals surface area contributed by atoms with E-state index >= 15 is 0 Å². The number of hydrogen-bond donors (Lipinski definition) is 1. The average molecular weight is 288 g/mol. The summed E-state index contributed by atoms with van der Waals surface area (Å²) in [7, 11) is -1.51. The van der Waals surface area contributed by atoms with E-state index < -0.39 is 8.07 Å². The number of hydrogen-bond acceptors (Lipinski definition) is 3. The topological polar surface area (TPSA) is 50.4 Å². The first-order chi connectivity index (χ1) is 9.30. The third-order valence-corrected chi connectivity index (χ3v) is 5.16. The van der Waals surface area contributed by atoms with Crippen molar-refractivity contribution in [3.05, 3.63) is 47.7 Å². The smallest absolute Gasteiger partial charge is 0.173 e. The summed E-state index contributed by atoms with van der Waals surface area (Å²) in [6, 6.07) is 8.62. The summed E-state index contributed by atoms with van der Waals surface area (Å²) in [6.45, 7) is 8.44. The standard InChI is InChI=1S/C16H20O3Si/c1-11(12-9-15(19-10-12)20(2,3)4)16(18)13-7-5-6-8-14(13)17/h5-11,17H,1-4H3. The molecule has 4 heteroatoms. The van der Waals surface area contributed by atoms with E-state index in [1.165, 1.54) is 6.07 Å². The summed E-state index contributed by atoms with van der Waals surface area (Å²) in [5, 5.41) is 10.8. The maximum atomic E-state index is 12.4. The van der Waals surface area contributed by atoms with Gasteiger partial charge in [0, 0.05) is 11.5 Å². The highest BCUT2D eigenvalue weighted by atomic mass is 28.3. The van der Waals surface area contributed by atoms with Crippen LogP contribution in [0.2, 0.25) is 19.6 Å². The van der Waals surface area contributed by atoms with Crippen molar-refractivity contribution in [3.8, 4) is 5.75 Å². The molecular weight excluding hydrogens is 268 g/mol. The highest BCUT2D eigenvalue weighted by Crippen LogP contribution is 2.25. The number of aromatic hydroxyl groups is 1. The average Bonchev–Trinajstić information content (AvgIpc) is 2.87. The number of phenolic OH excluding ortho intramolecular Hbond substituents is 1. The summed E-state index contributed by atoms with van der Waals surface area (Å²) >= 11 is 0. The zero-order chi connectivity index (χ0) is 14.9. The van der Waals surface area contributed by atoms with Crippen molar-refractivity contribution < 1.29 is 14.3 Å². The van der Waals surface area contributed by atoms with Crippen LogP contribution >= 0.6 is 0 Å². The van der Waals surface area contributed by atoms with E-state index in [0.717, 1.165) is 10.9 Å². The van der Waals surface area contributed by atoms with E-state index in [1.54, 1.807) is 24.5 Å². The maximum absolute atomic E-state index is 12.4. The molecule has 1 atom stereocenters. The lowest BCUT2D eigenvalue weighted by molar-refractivity contribution is 0.0963. The van der Waals surface area contributed by atoms with Crippen LogP contribution in [0, 0.1) is 0 Å². The Morgan fingerprint density at radius 2 is 1.90 bits per heavy atom. The van der Waals surface area contributed by atoms with Crippen LogP contribution in [0.1, 0.15) is 28.8 Å². The SMILES string of the molecule is CC(C(=O)c1ccccc1O)c1coc([Si](C)(C)C)c1. The second-order valence-electron chi connectivity index (χ2n) is 6.10. The molecule has 0 bridgehead atoms. The minimum absolute atomic E-state index is 0.0262. The van der Waals surface area contributed by atoms with Gasteiger partial charge in [-0.3, -0.25) is 4.79 Å². The predicted octanol–water partition coefficient (Wildman–Crippen LogP) is 3.52. The number of Topliss-reactive ketones (excluding diaryl/α,β-unsaturated/α-hetero) is 1. The van der Waals surface area contributed by atoms with Gasteiger partial charge in [-0.2, -0.15) is 0 Å². The molecule has 1 heterocycles. The van der Waals surface area contributed by atoms with Gasteiger partial charge >= 0.3 is 0 Å². The van der Waals surface area contributed by atoms with Crippen molar-refractivity contribution in [1.29, 1.82) is 0 Å². The number of ketones is 1. The molecule has 2 rings (SSSR count). The van der Waals surface area contributed by atoms with Gasteiger partial charge in [0.15, 0.2) is 5.78 Å². The Balaban J connectivity index is 2.28. The summed E-state index contributed by atoms with van der Waals surface area (Å²) in [5.74, 6) is -0.388. The Morgan fingerprint density at radius 1 is 1.25 bits per heavy atom. The molecule has 0 aliphatic carbocycles. The zero-order valence-electron chi connectivity index (χ0n) is 12.3. The highest BCUT2D eigenvalue weighted by molar-refractivity contribution is 6.87. The quantitative estimate of drug-likeness (QED) is 0.692. The normalized spacial score (nSPS) is 13.2. The van der Waals surface area contributed by atoms with Crippen LogP contribution in [-0.2, 0) is 0 Å². The van der Waals surface area contributed by atoms with Crippen molar-refractivity contribution in [2.45, 2.75) is 32.5 Å². The minimum Gasteiger partial charge on any atom is -0.507 e. The second kappa shape index (κ2) is 5.29. The molecule has 0 spiro atoms. The molecule has 2 aromatic rings. The fourth-order valence-corrected chi connectivity index (χ4v) is 3.05. The number of rotatable bonds is 4. The molecule has 0 saturated carbocycles. The number of para-hydroxylation sites is 1. The van der Waals surface area contributed by atoms with E-state index in [0.29, 0.717) is 5.56 Å². The minimum atomic E-state index is -1.51. The van der Waals surface area contributed by atoms with Crippen molar-refractivity contribution in [2.24, 2.45) is 0 Å². The molecule has 0 aliphatic heterocycles. The van der Waals surface area contributed by atoms with E-state index in [4.69, 9.17) is 4.42 Å². The second-order valence-corrected chi connectivity index (χ2v) is 11.1. The Hall–Kier alpha value is -1.81. The van der Waals surface area contributed by atoms with Crippen LogP contribution < -0.4 is 5.38 Å². The molecule has 3 nitrogen and oxygen atoms in total. The van der Waals surface area contributed by atoms with E-state index in [-0.39, 0.29) is 17.5 Å². The molecule has 1 N–H and O–H groups in total. The van der Waals surface area contributed by atoms with Crippen LogP contribution in [0.3, 0.4) is 0 Å². The number of carbonyl (C=O) groups is 1. The van der Waals surface area contributed by atoms with Gasteiger partial charge in [-0.1, -0.05) is 38.7 Å². The lowest BCUT2D eigenvalue weighted by atomic mass is 9.94. The number of phenols is 1. The van der Waals surface area contributed by atoms with Crippen molar-refractivity contribution in [2.75, 3.05) is 0 Å². The maximum Gasteiger partial charge on any atom is 0.173 e. The molecule has 0 amide bonds. The highest BCUT2D eigenvalue weighted by Gasteiger charge is 2.25. The number of carbonyl (C=O) groups excluding carboxylic acids is 1. The molecule has 1 unspecified atom stereocenters. The van der Waals surface area contributed by atoms with Gasteiger partial charge in [0.25, 0.3) is 0 Å². The fourth-order valence-electron chi connectivity index (χ4n) is 2.04. The van der Waals surface area contributed by atoms with Crippen LogP contribution in [0.5, 0.6) is 5.75 Å². The first kappa shape index (κ1) is 14.6.